The Balaban J connectivity index is 1.43. The van der Waals surface area contributed by atoms with Gasteiger partial charge in [0.15, 0.2) is 0 Å². The predicted octanol–water partition coefficient (Wildman–Crippen LogP) is 0.271. The number of H-pyrrole nitrogens is 1. The smallest absolute Gasteiger partial charge is 0.223 e. The van der Waals surface area contributed by atoms with Gasteiger partial charge in [0, 0.05) is 44.2 Å². The number of fused-ring (bicyclic) bond motifs is 1. The van der Waals surface area contributed by atoms with Gasteiger partial charge in [-0.3, -0.25) is 9.69 Å². The second-order valence-electron chi connectivity index (χ2n) is 5.93. The van der Waals surface area contributed by atoms with Crippen LogP contribution in [0.15, 0.2) is 0 Å². The first-order valence-corrected chi connectivity index (χ1v) is 7.84. The van der Waals surface area contributed by atoms with Gasteiger partial charge in [-0.05, 0) is 19.8 Å². The van der Waals surface area contributed by atoms with Gasteiger partial charge in [0.1, 0.15) is 5.82 Å². The van der Waals surface area contributed by atoms with Crippen LogP contribution in [0.3, 0.4) is 0 Å². The SMILES string of the molecule is Cc1nc2c([nH]1)CC(C(=O)NCCN1CCOCC1)CC2. The van der Waals surface area contributed by atoms with Gasteiger partial charge < -0.3 is 15.0 Å². The van der Waals surface area contributed by atoms with Crippen molar-refractivity contribution in [3.05, 3.63) is 17.2 Å². The van der Waals surface area contributed by atoms with Gasteiger partial charge in [-0.15, -0.1) is 0 Å². The van der Waals surface area contributed by atoms with Gasteiger partial charge in [0.05, 0.1) is 18.9 Å². The van der Waals surface area contributed by atoms with Crippen LogP contribution in [0.2, 0.25) is 0 Å². The Morgan fingerprint density at radius 2 is 2.29 bits per heavy atom. The molecule has 21 heavy (non-hydrogen) atoms. The van der Waals surface area contributed by atoms with Crippen molar-refractivity contribution in [3.63, 3.8) is 0 Å². The molecule has 1 amide bonds. The fraction of sp³-hybridized carbons (Fsp3) is 0.733. The maximum Gasteiger partial charge on any atom is 0.223 e. The minimum absolute atomic E-state index is 0.0852. The largest absolute Gasteiger partial charge is 0.379 e. The number of amides is 1. The summed E-state index contributed by atoms with van der Waals surface area (Å²) < 4.78 is 5.32. The third-order valence-corrected chi connectivity index (χ3v) is 4.36. The number of aromatic nitrogens is 2. The van der Waals surface area contributed by atoms with E-state index in [0.717, 1.165) is 75.9 Å². The van der Waals surface area contributed by atoms with Gasteiger partial charge in [-0.1, -0.05) is 0 Å². The van der Waals surface area contributed by atoms with Crippen molar-refractivity contribution in [1.82, 2.24) is 20.2 Å². The van der Waals surface area contributed by atoms with E-state index in [1.54, 1.807) is 0 Å². The molecule has 0 spiro atoms. The highest BCUT2D eigenvalue weighted by atomic mass is 16.5. The van der Waals surface area contributed by atoms with Crippen molar-refractivity contribution >= 4 is 5.91 Å². The average molecular weight is 292 g/mol. The number of hydrogen-bond donors (Lipinski definition) is 2. The quantitative estimate of drug-likeness (QED) is 0.836. The lowest BCUT2D eigenvalue weighted by Gasteiger charge is -2.27. The number of aromatic amines is 1. The number of carbonyl (C=O) groups excluding carboxylic acids is 1. The molecule has 2 aliphatic rings. The summed E-state index contributed by atoms with van der Waals surface area (Å²) in [5, 5.41) is 3.08. The molecule has 1 atom stereocenters. The maximum atomic E-state index is 12.3. The molecule has 1 aromatic rings. The van der Waals surface area contributed by atoms with Gasteiger partial charge in [-0.25, -0.2) is 4.98 Å². The summed E-state index contributed by atoms with van der Waals surface area (Å²) in [4.78, 5) is 22.3. The number of nitrogens with one attached hydrogen (secondary N) is 2. The molecule has 0 aromatic carbocycles. The topological polar surface area (TPSA) is 70.2 Å². The Morgan fingerprint density at radius 1 is 1.48 bits per heavy atom. The minimum atomic E-state index is 0.0852. The summed E-state index contributed by atoms with van der Waals surface area (Å²) in [5.41, 5.74) is 2.29. The normalized spacial score (nSPS) is 22.8. The summed E-state index contributed by atoms with van der Waals surface area (Å²) in [6.07, 6.45) is 2.60. The molecule has 6 nitrogen and oxygen atoms in total. The lowest BCUT2D eigenvalue weighted by molar-refractivity contribution is -0.125. The van der Waals surface area contributed by atoms with E-state index in [4.69, 9.17) is 4.74 Å². The highest BCUT2D eigenvalue weighted by molar-refractivity contribution is 5.79. The highest BCUT2D eigenvalue weighted by Gasteiger charge is 2.26. The molecule has 116 valence electrons. The molecule has 1 aliphatic carbocycles. The number of rotatable bonds is 4. The highest BCUT2D eigenvalue weighted by Crippen LogP contribution is 2.23. The first kappa shape index (κ1) is 14.5. The standard InChI is InChI=1S/C15H24N4O2/c1-11-17-13-3-2-12(10-14(13)18-11)15(20)16-4-5-19-6-8-21-9-7-19/h12H,2-10H2,1H3,(H,16,20)(H,17,18). The van der Waals surface area contributed by atoms with Gasteiger partial charge >= 0.3 is 0 Å². The lowest BCUT2D eigenvalue weighted by Crippen LogP contribution is -2.43. The van der Waals surface area contributed by atoms with Crippen LogP contribution in [0.5, 0.6) is 0 Å². The lowest BCUT2D eigenvalue weighted by atomic mass is 9.89. The Morgan fingerprint density at radius 3 is 3.10 bits per heavy atom. The molecule has 2 N–H and O–H groups in total. The molecule has 1 aliphatic heterocycles. The van der Waals surface area contributed by atoms with E-state index in [9.17, 15) is 4.79 Å². The maximum absolute atomic E-state index is 12.3. The van der Waals surface area contributed by atoms with E-state index < -0.39 is 0 Å². The molecule has 1 aromatic heterocycles. The number of ether oxygens (including phenoxy) is 1. The van der Waals surface area contributed by atoms with Gasteiger partial charge in [-0.2, -0.15) is 0 Å². The van der Waals surface area contributed by atoms with E-state index in [0.29, 0.717) is 0 Å². The van der Waals surface area contributed by atoms with E-state index >= 15 is 0 Å². The summed E-state index contributed by atoms with van der Waals surface area (Å²) in [5.74, 6) is 1.22. The molecule has 0 saturated carbocycles. The van der Waals surface area contributed by atoms with Crippen molar-refractivity contribution in [2.45, 2.75) is 26.2 Å². The van der Waals surface area contributed by atoms with Crippen LogP contribution in [-0.2, 0) is 22.4 Å². The number of hydrogen-bond acceptors (Lipinski definition) is 4. The fourth-order valence-electron chi connectivity index (χ4n) is 3.15. The van der Waals surface area contributed by atoms with Crippen molar-refractivity contribution in [2.24, 2.45) is 5.92 Å². The van der Waals surface area contributed by atoms with E-state index in [-0.39, 0.29) is 11.8 Å². The van der Waals surface area contributed by atoms with E-state index in [1.807, 2.05) is 6.92 Å². The van der Waals surface area contributed by atoms with Crippen LogP contribution in [0.1, 0.15) is 23.6 Å². The fourth-order valence-corrected chi connectivity index (χ4v) is 3.15. The third kappa shape index (κ3) is 3.63. The number of nitrogens with zero attached hydrogens (tertiary/aromatic N) is 2. The van der Waals surface area contributed by atoms with Crippen LogP contribution in [0.25, 0.3) is 0 Å². The van der Waals surface area contributed by atoms with Crippen LogP contribution in [0, 0.1) is 12.8 Å². The molecule has 6 heteroatoms. The first-order chi connectivity index (χ1) is 10.2. The number of morpholine rings is 1. The second kappa shape index (κ2) is 6.58. The Kier molecular flexibility index (Phi) is 4.55. The molecule has 1 unspecified atom stereocenters. The summed E-state index contributed by atoms with van der Waals surface area (Å²) in [6.45, 7) is 7.15. The van der Waals surface area contributed by atoms with Crippen LogP contribution in [0.4, 0.5) is 0 Å². The molecule has 0 radical (unpaired) electrons. The molecule has 1 saturated heterocycles. The molecular formula is C15H24N4O2. The zero-order chi connectivity index (χ0) is 14.7. The average Bonchev–Trinajstić information content (AvgIpc) is 2.87. The number of aryl methyl sites for hydroxylation is 2. The van der Waals surface area contributed by atoms with E-state index in [1.165, 1.54) is 0 Å². The number of carbonyl (C=O) groups is 1. The summed E-state index contributed by atoms with van der Waals surface area (Å²) in [7, 11) is 0. The van der Waals surface area contributed by atoms with Crippen LogP contribution < -0.4 is 5.32 Å². The van der Waals surface area contributed by atoms with Gasteiger partial charge in [0.2, 0.25) is 5.91 Å². The van der Waals surface area contributed by atoms with Crippen molar-refractivity contribution in [3.8, 4) is 0 Å². The Bertz CT molecular complexity index is 494. The Labute approximate surface area is 125 Å². The first-order valence-electron chi connectivity index (χ1n) is 7.84. The molecular weight excluding hydrogens is 268 g/mol. The zero-order valence-corrected chi connectivity index (χ0v) is 12.7. The molecule has 1 fully saturated rings. The predicted molar refractivity (Wildman–Crippen MR) is 79.1 cm³/mol. The van der Waals surface area contributed by atoms with E-state index in [2.05, 4.69) is 20.2 Å². The molecule has 3 rings (SSSR count). The van der Waals surface area contributed by atoms with Crippen molar-refractivity contribution < 1.29 is 9.53 Å². The van der Waals surface area contributed by atoms with Crippen LogP contribution in [-0.4, -0.2) is 60.2 Å². The number of imidazole rings is 1. The second-order valence-corrected chi connectivity index (χ2v) is 5.93. The van der Waals surface area contributed by atoms with Crippen molar-refractivity contribution in [2.75, 3.05) is 39.4 Å². The monoisotopic (exact) mass is 292 g/mol. The zero-order valence-electron chi connectivity index (χ0n) is 12.7. The minimum Gasteiger partial charge on any atom is -0.379 e. The molecule has 2 heterocycles. The summed E-state index contributed by atoms with van der Waals surface area (Å²) >= 11 is 0. The van der Waals surface area contributed by atoms with Gasteiger partial charge in [0.25, 0.3) is 0 Å². The Hall–Kier alpha value is -1.40. The van der Waals surface area contributed by atoms with Crippen LogP contribution >= 0.6 is 0 Å². The summed E-state index contributed by atoms with van der Waals surface area (Å²) in [6, 6.07) is 0. The molecule has 0 bridgehead atoms. The third-order valence-electron chi connectivity index (χ3n) is 4.36. The van der Waals surface area contributed by atoms with Crippen molar-refractivity contribution in [1.29, 1.82) is 0 Å².